The van der Waals surface area contributed by atoms with Crippen LogP contribution in [-0.2, 0) is 26.2 Å². The molecule has 0 saturated carbocycles. The smallest absolute Gasteiger partial charge is 0.276 e. The molecular weight excluding hydrogens is 1060 g/mol. The Labute approximate surface area is 503 Å². The molecule has 0 bridgehead atoms. The van der Waals surface area contributed by atoms with Gasteiger partial charge in [0.15, 0.2) is 0 Å². The first kappa shape index (κ1) is 56.3. The molecule has 0 spiro atoms. The fraction of sp³-hybridized carbons (Fsp3) is 0.162. The highest BCUT2D eigenvalue weighted by atomic mass is 16.2. The normalized spacial score (nSPS) is 12.8. The molecule has 0 aromatic heterocycles. The molecule has 10 aromatic rings. The second kappa shape index (κ2) is 26.6. The van der Waals surface area contributed by atoms with E-state index >= 15 is 19.2 Å². The monoisotopic (exact) mass is 1130 g/mol. The van der Waals surface area contributed by atoms with E-state index in [0.29, 0.717) is 89.3 Å². The molecule has 0 fully saturated rings. The molecule has 428 valence electrons. The molecule has 12 rings (SSSR count). The van der Waals surface area contributed by atoms with Gasteiger partial charge < -0.3 is 19.6 Å². The average Bonchev–Trinajstić information content (AvgIpc) is 0.749. The van der Waals surface area contributed by atoms with Crippen molar-refractivity contribution in [1.29, 1.82) is 0 Å². The summed E-state index contributed by atoms with van der Waals surface area (Å²) < 4.78 is 0. The molecule has 2 aliphatic heterocycles. The zero-order valence-electron chi connectivity index (χ0n) is 48.1. The molecule has 0 saturated heterocycles. The van der Waals surface area contributed by atoms with Crippen LogP contribution in [0, 0.1) is 0 Å². The number of nitrogens with zero attached hydrogens (tertiary/aromatic N) is 8. The molecule has 2 aliphatic rings. The summed E-state index contributed by atoms with van der Waals surface area (Å²) in [6.45, 7) is 5.54. The van der Waals surface area contributed by atoms with Crippen molar-refractivity contribution in [3.8, 4) is 0 Å². The molecular formula is C74H68N8O4. The Morgan fingerprint density at radius 3 is 0.605 bits per heavy atom. The Kier molecular flexibility index (Phi) is 17.4. The van der Waals surface area contributed by atoms with Gasteiger partial charge in [0.1, 0.15) is 0 Å². The zero-order chi connectivity index (χ0) is 58.6. The summed E-state index contributed by atoms with van der Waals surface area (Å²) in [4.78, 5) is 71.4. The fourth-order valence-electron chi connectivity index (χ4n) is 11.9. The lowest BCUT2D eigenvalue weighted by molar-refractivity contribution is -0.00286. The minimum absolute atomic E-state index is 0.253. The van der Waals surface area contributed by atoms with Crippen molar-refractivity contribution in [2.24, 2.45) is 0 Å². The topological polar surface area (TPSA) is 94.2 Å². The number of hydrogen-bond donors (Lipinski definition) is 0. The summed E-state index contributed by atoms with van der Waals surface area (Å²) in [6, 6.07) is 88.6. The predicted molar refractivity (Wildman–Crippen MR) is 344 cm³/mol. The Morgan fingerprint density at radius 1 is 0.221 bits per heavy atom. The van der Waals surface area contributed by atoms with Gasteiger partial charge in [0.25, 0.3) is 23.6 Å². The maximum absolute atomic E-state index is 15.6. The van der Waals surface area contributed by atoms with Gasteiger partial charge in [0.2, 0.25) is 0 Å². The third kappa shape index (κ3) is 12.7. The van der Waals surface area contributed by atoms with E-state index in [9.17, 15) is 0 Å². The van der Waals surface area contributed by atoms with Crippen molar-refractivity contribution >= 4 is 57.2 Å². The van der Waals surface area contributed by atoms with E-state index in [1.54, 1.807) is 24.3 Å². The van der Waals surface area contributed by atoms with E-state index in [0.717, 1.165) is 45.0 Å². The van der Waals surface area contributed by atoms with E-state index in [1.165, 1.54) is 10.0 Å². The molecule has 86 heavy (non-hydrogen) atoms. The first-order valence-corrected chi connectivity index (χ1v) is 29.6. The molecule has 2 heterocycles. The SMILES string of the molecule is O=C1c2ccc3c4c(ccc(c24)C(=O)N1N(CCN(Cc1ccccc1)c1ccccc1)CCN(Cc1ccccc1)c1ccccc1)C(=O)N(N(CCN(Cc1ccccc1)c1ccccc1)CCN(Cc1ccccc1)c1ccccc1)C3=O. The van der Waals surface area contributed by atoms with E-state index in [4.69, 9.17) is 0 Å². The Bertz CT molecular complexity index is 3400. The van der Waals surface area contributed by atoms with Gasteiger partial charge >= 0.3 is 0 Å². The van der Waals surface area contributed by atoms with E-state index in [-0.39, 0.29) is 22.3 Å². The number of imide groups is 2. The van der Waals surface area contributed by atoms with Crippen LogP contribution in [0.1, 0.15) is 63.7 Å². The summed E-state index contributed by atoms with van der Waals surface area (Å²) in [5, 5.41) is 7.02. The van der Waals surface area contributed by atoms with Gasteiger partial charge in [-0.25, -0.2) is 20.0 Å². The van der Waals surface area contributed by atoms with Crippen molar-refractivity contribution in [1.82, 2.24) is 20.0 Å². The van der Waals surface area contributed by atoms with Gasteiger partial charge in [-0.05, 0) is 95.1 Å². The maximum atomic E-state index is 15.6. The Morgan fingerprint density at radius 2 is 0.407 bits per heavy atom. The quantitative estimate of drug-likeness (QED) is 0.0488. The molecule has 0 N–H and O–H groups in total. The number of benzene rings is 10. The minimum atomic E-state index is -0.516. The van der Waals surface area contributed by atoms with E-state index in [2.05, 4.69) is 117 Å². The van der Waals surface area contributed by atoms with Crippen LogP contribution in [0.15, 0.2) is 267 Å². The number of para-hydroxylation sites is 4. The number of hydrazine groups is 2. The Hall–Kier alpha value is -10.1. The standard InChI is InChI=1S/C74H68N8O4/c83-71-65-41-43-67-70-68(74(86)82(73(67)85)80(51-47-77(63-37-21-7-22-38-63)55-59-29-13-3-14-30-59)52-48-78(64-39-23-8-24-40-64)56-60-31-15-4-16-32-60)44-42-66(69(65)70)72(84)81(71)79(49-45-75(61-33-17-5-18-34-61)53-57-25-9-1-10-26-57)50-46-76(62-35-19-6-20-36-62)54-58-27-11-2-12-28-58/h1-44H,45-56H2. The van der Waals surface area contributed by atoms with Crippen molar-refractivity contribution in [2.75, 3.05) is 72.0 Å². The summed E-state index contributed by atoms with van der Waals surface area (Å²) in [7, 11) is 0. The summed E-state index contributed by atoms with van der Waals surface area (Å²) >= 11 is 0. The lowest BCUT2D eigenvalue weighted by Crippen LogP contribution is -2.56. The first-order valence-electron chi connectivity index (χ1n) is 29.6. The first-order chi connectivity index (χ1) is 42.3. The highest BCUT2D eigenvalue weighted by molar-refractivity contribution is 6.33. The van der Waals surface area contributed by atoms with Crippen molar-refractivity contribution in [2.45, 2.75) is 26.2 Å². The largest absolute Gasteiger partial charge is 0.366 e. The molecule has 10 aromatic carbocycles. The van der Waals surface area contributed by atoms with Gasteiger partial charge in [-0.3, -0.25) is 19.2 Å². The Balaban J connectivity index is 0.882. The van der Waals surface area contributed by atoms with Crippen molar-refractivity contribution < 1.29 is 19.2 Å². The van der Waals surface area contributed by atoms with Gasteiger partial charge in [0.05, 0.1) is 22.3 Å². The van der Waals surface area contributed by atoms with E-state index in [1.807, 2.05) is 156 Å². The highest BCUT2D eigenvalue weighted by Gasteiger charge is 2.43. The molecule has 0 aliphatic carbocycles. The summed E-state index contributed by atoms with van der Waals surface area (Å²) in [5.41, 5.74) is 9.55. The number of rotatable bonds is 26. The maximum Gasteiger partial charge on any atom is 0.276 e. The molecule has 12 nitrogen and oxygen atoms in total. The van der Waals surface area contributed by atoms with Crippen molar-refractivity contribution in [3.63, 3.8) is 0 Å². The van der Waals surface area contributed by atoms with Crippen LogP contribution in [0.4, 0.5) is 22.7 Å². The number of amides is 4. The van der Waals surface area contributed by atoms with Gasteiger partial charge in [0, 0.05) is 112 Å². The lowest BCUT2D eigenvalue weighted by Gasteiger charge is -2.41. The molecule has 12 heteroatoms. The molecule has 0 radical (unpaired) electrons. The zero-order valence-corrected chi connectivity index (χ0v) is 48.1. The van der Waals surface area contributed by atoms with Crippen LogP contribution in [0.25, 0.3) is 10.8 Å². The van der Waals surface area contributed by atoms with Gasteiger partial charge in [-0.2, -0.15) is 0 Å². The summed E-state index contributed by atoms with van der Waals surface area (Å²) in [6.07, 6.45) is 0. The van der Waals surface area contributed by atoms with Crippen LogP contribution in [0.3, 0.4) is 0 Å². The number of carbonyl (C=O) groups excluding carboxylic acids is 4. The average molecular weight is 1130 g/mol. The van der Waals surface area contributed by atoms with E-state index < -0.39 is 23.6 Å². The number of anilines is 4. The second-order valence-electron chi connectivity index (χ2n) is 21.8. The van der Waals surface area contributed by atoms with Crippen LogP contribution in [0.2, 0.25) is 0 Å². The van der Waals surface area contributed by atoms with Crippen LogP contribution < -0.4 is 19.6 Å². The molecule has 4 amide bonds. The predicted octanol–water partition coefficient (Wildman–Crippen LogP) is 13.3. The van der Waals surface area contributed by atoms with Crippen molar-refractivity contribution in [3.05, 3.63) is 311 Å². The molecule has 0 atom stereocenters. The van der Waals surface area contributed by atoms with Crippen LogP contribution in [-0.4, -0.2) is 96.0 Å². The molecule has 0 unspecified atom stereocenters. The lowest BCUT2D eigenvalue weighted by atomic mass is 9.86. The fourth-order valence-corrected chi connectivity index (χ4v) is 11.9. The number of hydrogen-bond acceptors (Lipinski definition) is 10. The number of carbonyl (C=O) groups is 4. The highest BCUT2D eigenvalue weighted by Crippen LogP contribution is 2.39. The summed E-state index contributed by atoms with van der Waals surface area (Å²) in [5.74, 6) is -2.06. The third-order valence-corrected chi connectivity index (χ3v) is 16.3. The van der Waals surface area contributed by atoms with Gasteiger partial charge in [-0.1, -0.05) is 194 Å². The van der Waals surface area contributed by atoms with Crippen LogP contribution in [0.5, 0.6) is 0 Å². The van der Waals surface area contributed by atoms with Crippen LogP contribution >= 0.6 is 0 Å². The minimum Gasteiger partial charge on any atom is -0.366 e. The van der Waals surface area contributed by atoms with Gasteiger partial charge in [-0.15, -0.1) is 0 Å². The third-order valence-electron chi connectivity index (χ3n) is 16.3. The second-order valence-corrected chi connectivity index (χ2v) is 21.8.